The second-order valence-corrected chi connectivity index (χ2v) is 4.95. The molecule has 0 saturated heterocycles. The fourth-order valence-electron chi connectivity index (χ4n) is 2.45. The Morgan fingerprint density at radius 2 is 1.90 bits per heavy atom. The number of anilines is 1. The van der Waals surface area contributed by atoms with Crippen LogP contribution >= 0.6 is 0 Å². The van der Waals surface area contributed by atoms with Gasteiger partial charge in [-0.05, 0) is 25.0 Å². The van der Waals surface area contributed by atoms with Crippen molar-refractivity contribution in [2.24, 2.45) is 11.8 Å². The van der Waals surface area contributed by atoms with Crippen molar-refractivity contribution in [3.8, 4) is 0 Å². The SMILES string of the molecule is COCCN(C(=O)[C@@H]1CC[C@@H]1C(=O)O)c1ccccc1. The van der Waals surface area contributed by atoms with E-state index in [1.807, 2.05) is 30.3 Å². The molecule has 0 spiro atoms. The van der Waals surface area contributed by atoms with E-state index in [1.165, 1.54) is 0 Å². The maximum atomic E-state index is 12.6. The van der Waals surface area contributed by atoms with Crippen LogP contribution in [-0.4, -0.2) is 37.2 Å². The first-order valence-electron chi connectivity index (χ1n) is 6.73. The van der Waals surface area contributed by atoms with E-state index >= 15 is 0 Å². The zero-order valence-corrected chi connectivity index (χ0v) is 11.5. The van der Waals surface area contributed by atoms with Gasteiger partial charge in [-0.1, -0.05) is 18.2 Å². The van der Waals surface area contributed by atoms with Crippen molar-refractivity contribution in [2.75, 3.05) is 25.2 Å². The first-order chi connectivity index (χ1) is 9.65. The highest BCUT2D eigenvalue weighted by Crippen LogP contribution is 2.36. The Bertz CT molecular complexity index is 474. The molecule has 2 rings (SSSR count). The van der Waals surface area contributed by atoms with Gasteiger partial charge in [-0.15, -0.1) is 0 Å². The van der Waals surface area contributed by atoms with Crippen LogP contribution in [0.4, 0.5) is 5.69 Å². The number of nitrogens with zero attached hydrogens (tertiary/aromatic N) is 1. The predicted molar refractivity (Wildman–Crippen MR) is 74.5 cm³/mol. The molecule has 1 aliphatic carbocycles. The lowest BCUT2D eigenvalue weighted by atomic mass is 9.73. The molecule has 1 saturated carbocycles. The number of rotatable bonds is 6. The molecule has 0 unspecified atom stereocenters. The average molecular weight is 277 g/mol. The molecule has 0 bridgehead atoms. The van der Waals surface area contributed by atoms with E-state index in [9.17, 15) is 9.59 Å². The molecule has 2 atom stereocenters. The second kappa shape index (κ2) is 6.52. The third-order valence-electron chi connectivity index (χ3n) is 3.76. The number of para-hydroxylation sites is 1. The normalized spacial score (nSPS) is 21.1. The van der Waals surface area contributed by atoms with Crippen LogP contribution in [0.1, 0.15) is 12.8 Å². The Morgan fingerprint density at radius 3 is 2.40 bits per heavy atom. The van der Waals surface area contributed by atoms with Crippen molar-refractivity contribution >= 4 is 17.6 Å². The van der Waals surface area contributed by atoms with E-state index in [4.69, 9.17) is 9.84 Å². The van der Waals surface area contributed by atoms with Gasteiger partial charge in [-0.3, -0.25) is 9.59 Å². The first-order valence-corrected chi connectivity index (χ1v) is 6.73. The zero-order chi connectivity index (χ0) is 14.5. The topological polar surface area (TPSA) is 66.8 Å². The van der Waals surface area contributed by atoms with Crippen molar-refractivity contribution in [2.45, 2.75) is 12.8 Å². The average Bonchev–Trinajstić information content (AvgIpc) is 2.38. The minimum atomic E-state index is -0.880. The lowest BCUT2D eigenvalue weighted by Gasteiger charge is -2.36. The molecule has 1 amide bonds. The first kappa shape index (κ1) is 14.5. The van der Waals surface area contributed by atoms with Gasteiger partial charge < -0.3 is 14.7 Å². The summed E-state index contributed by atoms with van der Waals surface area (Å²) in [5.41, 5.74) is 0.783. The number of hydrogen-bond donors (Lipinski definition) is 1. The summed E-state index contributed by atoms with van der Waals surface area (Å²) in [4.78, 5) is 25.3. The maximum Gasteiger partial charge on any atom is 0.307 e. The molecule has 0 aliphatic heterocycles. The van der Waals surface area contributed by atoms with Gasteiger partial charge in [0, 0.05) is 19.3 Å². The van der Waals surface area contributed by atoms with Gasteiger partial charge >= 0.3 is 5.97 Å². The van der Waals surface area contributed by atoms with E-state index < -0.39 is 17.8 Å². The number of methoxy groups -OCH3 is 1. The molecule has 5 nitrogen and oxygen atoms in total. The summed E-state index contributed by atoms with van der Waals surface area (Å²) in [7, 11) is 1.58. The van der Waals surface area contributed by atoms with Crippen molar-refractivity contribution in [3.63, 3.8) is 0 Å². The molecule has 5 heteroatoms. The van der Waals surface area contributed by atoms with Crippen LogP contribution in [-0.2, 0) is 14.3 Å². The number of carbonyl (C=O) groups excluding carboxylic acids is 1. The minimum absolute atomic E-state index is 0.119. The Balaban J connectivity index is 2.14. The molecular weight excluding hydrogens is 258 g/mol. The summed E-state index contributed by atoms with van der Waals surface area (Å²) in [6.07, 6.45) is 1.23. The number of hydrogen-bond acceptors (Lipinski definition) is 3. The van der Waals surface area contributed by atoms with Gasteiger partial charge in [0.2, 0.25) is 5.91 Å². The molecule has 108 valence electrons. The number of amides is 1. The molecule has 1 aromatic rings. The lowest BCUT2D eigenvalue weighted by molar-refractivity contribution is -0.152. The highest BCUT2D eigenvalue weighted by atomic mass is 16.5. The number of aliphatic carboxylic acids is 1. The number of benzene rings is 1. The number of carboxylic acid groups (broad SMARTS) is 1. The fraction of sp³-hybridized carbons (Fsp3) is 0.467. The maximum absolute atomic E-state index is 12.6. The van der Waals surface area contributed by atoms with Gasteiger partial charge in [0.25, 0.3) is 0 Å². The monoisotopic (exact) mass is 277 g/mol. The van der Waals surface area contributed by atoms with E-state index in [-0.39, 0.29) is 5.91 Å². The van der Waals surface area contributed by atoms with Gasteiger partial charge in [0.05, 0.1) is 18.4 Å². The molecule has 1 N–H and O–H groups in total. The summed E-state index contributed by atoms with van der Waals surface area (Å²) in [5.74, 6) is -1.96. The quantitative estimate of drug-likeness (QED) is 0.860. The lowest BCUT2D eigenvalue weighted by Crippen LogP contribution is -2.47. The molecule has 0 aromatic heterocycles. The van der Waals surface area contributed by atoms with Gasteiger partial charge in [0.15, 0.2) is 0 Å². The summed E-state index contributed by atoms with van der Waals surface area (Å²) in [6.45, 7) is 0.854. The number of ether oxygens (including phenoxy) is 1. The molecule has 1 aromatic carbocycles. The number of carbonyl (C=O) groups is 2. The van der Waals surface area contributed by atoms with Crippen LogP contribution < -0.4 is 4.90 Å². The summed E-state index contributed by atoms with van der Waals surface area (Å²) in [5, 5.41) is 9.09. The largest absolute Gasteiger partial charge is 0.481 e. The highest BCUT2D eigenvalue weighted by Gasteiger charge is 2.43. The molecular formula is C15H19NO4. The van der Waals surface area contributed by atoms with Crippen LogP contribution in [0.2, 0.25) is 0 Å². The van der Waals surface area contributed by atoms with Gasteiger partial charge in [0.1, 0.15) is 0 Å². The van der Waals surface area contributed by atoms with Crippen LogP contribution in [0.15, 0.2) is 30.3 Å². The molecule has 0 heterocycles. The smallest absolute Gasteiger partial charge is 0.307 e. The van der Waals surface area contributed by atoms with E-state index in [2.05, 4.69) is 0 Å². The Morgan fingerprint density at radius 1 is 1.25 bits per heavy atom. The van der Waals surface area contributed by atoms with Crippen LogP contribution in [0.25, 0.3) is 0 Å². The van der Waals surface area contributed by atoms with Crippen LogP contribution in [0, 0.1) is 11.8 Å². The van der Waals surface area contributed by atoms with Gasteiger partial charge in [-0.25, -0.2) is 0 Å². The fourth-order valence-corrected chi connectivity index (χ4v) is 2.45. The van der Waals surface area contributed by atoms with Crippen molar-refractivity contribution in [1.82, 2.24) is 0 Å². The molecule has 0 radical (unpaired) electrons. The highest BCUT2D eigenvalue weighted by molar-refractivity contribution is 5.98. The molecule has 20 heavy (non-hydrogen) atoms. The minimum Gasteiger partial charge on any atom is -0.481 e. The summed E-state index contributed by atoms with van der Waals surface area (Å²) in [6, 6.07) is 9.30. The third kappa shape index (κ3) is 2.99. The standard InChI is InChI=1S/C15H19NO4/c1-20-10-9-16(11-5-3-2-4-6-11)14(17)12-7-8-13(12)15(18)19/h2-6,12-13H,7-10H2,1H3,(H,18,19)/t12-,13+/m1/s1. The molecule has 1 aliphatic rings. The van der Waals surface area contributed by atoms with Crippen LogP contribution in [0.3, 0.4) is 0 Å². The van der Waals surface area contributed by atoms with Crippen molar-refractivity contribution < 1.29 is 19.4 Å². The Hall–Kier alpha value is -1.88. The van der Waals surface area contributed by atoms with Crippen molar-refractivity contribution in [3.05, 3.63) is 30.3 Å². The van der Waals surface area contributed by atoms with E-state index in [0.29, 0.717) is 26.0 Å². The summed E-state index contributed by atoms with van der Waals surface area (Å²) < 4.78 is 5.04. The Kier molecular flexibility index (Phi) is 4.74. The van der Waals surface area contributed by atoms with Gasteiger partial charge in [-0.2, -0.15) is 0 Å². The second-order valence-electron chi connectivity index (χ2n) is 4.95. The third-order valence-corrected chi connectivity index (χ3v) is 3.76. The predicted octanol–water partition coefficient (Wildman–Crippen LogP) is 1.78. The number of carboxylic acids is 1. The van der Waals surface area contributed by atoms with E-state index in [1.54, 1.807) is 12.0 Å². The Labute approximate surface area is 118 Å². The van der Waals surface area contributed by atoms with Crippen LogP contribution in [0.5, 0.6) is 0 Å². The zero-order valence-electron chi connectivity index (χ0n) is 11.5. The summed E-state index contributed by atoms with van der Waals surface area (Å²) >= 11 is 0. The molecule has 1 fully saturated rings. The van der Waals surface area contributed by atoms with Crippen molar-refractivity contribution in [1.29, 1.82) is 0 Å². The van der Waals surface area contributed by atoms with E-state index in [0.717, 1.165) is 5.69 Å².